The second-order valence-electron chi connectivity index (χ2n) is 5.36. The number of nitrogens with one attached hydrogen (secondary N) is 2. The lowest BCUT2D eigenvalue weighted by molar-refractivity contribution is 0.470. The summed E-state index contributed by atoms with van der Waals surface area (Å²) in [7, 11) is -3.23. The molecule has 1 aliphatic heterocycles. The van der Waals surface area contributed by atoms with Gasteiger partial charge in [-0.1, -0.05) is 12.1 Å². The van der Waals surface area contributed by atoms with Crippen molar-refractivity contribution in [3.63, 3.8) is 0 Å². The van der Waals surface area contributed by atoms with E-state index in [1.807, 2.05) is 26.0 Å². The van der Waals surface area contributed by atoms with Gasteiger partial charge in [-0.2, -0.15) is 0 Å². The van der Waals surface area contributed by atoms with E-state index in [4.69, 9.17) is 0 Å². The molecule has 1 aliphatic rings. The van der Waals surface area contributed by atoms with Gasteiger partial charge in [0, 0.05) is 12.2 Å². The van der Waals surface area contributed by atoms with Crippen LogP contribution in [-0.4, -0.2) is 21.2 Å². The number of hydrogen-bond acceptors (Lipinski definition) is 3. The fraction of sp³-hybridized carbons (Fsp3) is 0.538. The molecule has 0 bridgehead atoms. The molecule has 5 heteroatoms. The minimum Gasteiger partial charge on any atom is -0.385 e. The maximum atomic E-state index is 11.5. The highest BCUT2D eigenvalue weighted by atomic mass is 32.2. The van der Waals surface area contributed by atoms with Crippen molar-refractivity contribution >= 4 is 15.7 Å². The maximum Gasteiger partial charge on any atom is 0.209 e. The first-order chi connectivity index (χ1) is 8.30. The lowest BCUT2D eigenvalue weighted by Crippen LogP contribution is -2.41. The summed E-state index contributed by atoms with van der Waals surface area (Å²) in [5, 5.41) is 3.36. The van der Waals surface area contributed by atoms with E-state index in [2.05, 4.69) is 16.1 Å². The standard InChI is InChI=1S/C13H20N2O2S/c1-13(2,15-18(3,16)17)11-7-4-8-12-10(11)6-5-9-14-12/h4,7-8,14-15H,5-6,9H2,1-3H3. The molecular formula is C13H20N2O2S. The van der Waals surface area contributed by atoms with Crippen molar-refractivity contribution < 1.29 is 8.42 Å². The van der Waals surface area contributed by atoms with Gasteiger partial charge in [0.25, 0.3) is 0 Å². The van der Waals surface area contributed by atoms with E-state index >= 15 is 0 Å². The lowest BCUT2D eigenvalue weighted by atomic mass is 9.87. The summed E-state index contributed by atoms with van der Waals surface area (Å²) in [6, 6.07) is 6.02. The van der Waals surface area contributed by atoms with Crippen LogP contribution in [0.4, 0.5) is 5.69 Å². The molecule has 0 aromatic heterocycles. The van der Waals surface area contributed by atoms with Crippen LogP contribution < -0.4 is 10.0 Å². The van der Waals surface area contributed by atoms with Gasteiger partial charge in [0.2, 0.25) is 10.0 Å². The number of hydrogen-bond donors (Lipinski definition) is 2. The van der Waals surface area contributed by atoms with Crippen molar-refractivity contribution in [3.05, 3.63) is 29.3 Å². The molecule has 2 N–H and O–H groups in total. The summed E-state index contributed by atoms with van der Waals surface area (Å²) in [6.07, 6.45) is 3.27. The van der Waals surface area contributed by atoms with Crippen LogP contribution in [0.5, 0.6) is 0 Å². The fourth-order valence-corrected chi connectivity index (χ4v) is 3.65. The third-order valence-corrected chi connectivity index (χ3v) is 4.09. The van der Waals surface area contributed by atoms with E-state index in [1.165, 1.54) is 11.8 Å². The molecule has 0 aliphatic carbocycles. The summed E-state index contributed by atoms with van der Waals surface area (Å²) in [6.45, 7) is 4.78. The van der Waals surface area contributed by atoms with Crippen LogP contribution in [0.3, 0.4) is 0 Å². The molecular weight excluding hydrogens is 248 g/mol. The summed E-state index contributed by atoms with van der Waals surface area (Å²) < 4.78 is 25.6. The Kier molecular flexibility index (Phi) is 3.38. The van der Waals surface area contributed by atoms with Crippen LogP contribution in [0.2, 0.25) is 0 Å². The molecule has 1 aromatic carbocycles. The molecule has 18 heavy (non-hydrogen) atoms. The summed E-state index contributed by atoms with van der Waals surface area (Å²) in [5.74, 6) is 0. The van der Waals surface area contributed by atoms with Gasteiger partial charge >= 0.3 is 0 Å². The minimum absolute atomic E-state index is 0.585. The molecule has 2 rings (SSSR count). The fourth-order valence-electron chi connectivity index (χ4n) is 2.61. The van der Waals surface area contributed by atoms with E-state index in [9.17, 15) is 8.42 Å². The van der Waals surface area contributed by atoms with E-state index < -0.39 is 15.6 Å². The van der Waals surface area contributed by atoms with Crippen LogP contribution >= 0.6 is 0 Å². The zero-order valence-electron chi connectivity index (χ0n) is 11.1. The number of sulfonamides is 1. The van der Waals surface area contributed by atoms with Crippen molar-refractivity contribution in [1.82, 2.24) is 4.72 Å². The molecule has 1 heterocycles. The van der Waals surface area contributed by atoms with Crippen LogP contribution in [-0.2, 0) is 22.0 Å². The summed E-state index contributed by atoms with van der Waals surface area (Å²) >= 11 is 0. The van der Waals surface area contributed by atoms with Crippen molar-refractivity contribution in [2.75, 3.05) is 18.1 Å². The molecule has 0 saturated carbocycles. The third-order valence-electron chi connectivity index (χ3n) is 3.21. The maximum absolute atomic E-state index is 11.5. The normalized spacial score (nSPS) is 15.9. The zero-order valence-corrected chi connectivity index (χ0v) is 11.9. The first-order valence-corrected chi connectivity index (χ1v) is 8.04. The topological polar surface area (TPSA) is 58.2 Å². The van der Waals surface area contributed by atoms with Gasteiger partial charge < -0.3 is 5.32 Å². The van der Waals surface area contributed by atoms with E-state index in [0.29, 0.717) is 0 Å². The van der Waals surface area contributed by atoms with E-state index in [0.717, 1.165) is 30.6 Å². The Balaban J connectivity index is 2.44. The lowest BCUT2D eigenvalue weighted by Gasteiger charge is -2.31. The second-order valence-corrected chi connectivity index (χ2v) is 7.11. The molecule has 0 fully saturated rings. The highest BCUT2D eigenvalue weighted by molar-refractivity contribution is 7.88. The van der Waals surface area contributed by atoms with Crippen LogP contribution in [0, 0.1) is 0 Å². The van der Waals surface area contributed by atoms with Gasteiger partial charge in [0.05, 0.1) is 11.8 Å². The summed E-state index contributed by atoms with van der Waals surface area (Å²) in [5.41, 5.74) is 2.82. The Morgan fingerprint density at radius 1 is 1.33 bits per heavy atom. The Labute approximate surface area is 109 Å². The van der Waals surface area contributed by atoms with Crippen LogP contribution in [0.15, 0.2) is 18.2 Å². The molecule has 0 unspecified atom stereocenters. The first kappa shape index (κ1) is 13.4. The number of benzene rings is 1. The third kappa shape index (κ3) is 2.84. The number of anilines is 1. The van der Waals surface area contributed by atoms with Gasteiger partial charge in [-0.3, -0.25) is 0 Å². The molecule has 0 radical (unpaired) electrons. The highest BCUT2D eigenvalue weighted by Crippen LogP contribution is 2.32. The Morgan fingerprint density at radius 3 is 2.72 bits per heavy atom. The van der Waals surface area contributed by atoms with Crippen molar-refractivity contribution in [2.45, 2.75) is 32.2 Å². The van der Waals surface area contributed by atoms with Gasteiger partial charge in [0.15, 0.2) is 0 Å². The second kappa shape index (κ2) is 4.55. The van der Waals surface area contributed by atoms with Crippen LogP contribution in [0.25, 0.3) is 0 Å². The van der Waals surface area contributed by atoms with Crippen LogP contribution in [0.1, 0.15) is 31.4 Å². The molecule has 1 aromatic rings. The predicted octanol–water partition coefficient (Wildman–Crippen LogP) is 1.83. The Morgan fingerprint density at radius 2 is 2.06 bits per heavy atom. The Bertz CT molecular complexity index is 550. The van der Waals surface area contributed by atoms with Gasteiger partial charge in [-0.05, 0) is 43.9 Å². The van der Waals surface area contributed by atoms with Crippen molar-refractivity contribution in [1.29, 1.82) is 0 Å². The molecule has 4 nitrogen and oxygen atoms in total. The quantitative estimate of drug-likeness (QED) is 0.879. The average Bonchev–Trinajstić information content (AvgIpc) is 2.25. The predicted molar refractivity (Wildman–Crippen MR) is 74.3 cm³/mol. The molecule has 0 amide bonds. The highest BCUT2D eigenvalue weighted by Gasteiger charge is 2.28. The van der Waals surface area contributed by atoms with E-state index in [1.54, 1.807) is 0 Å². The first-order valence-electron chi connectivity index (χ1n) is 6.15. The average molecular weight is 268 g/mol. The SMILES string of the molecule is CC(C)(NS(C)(=O)=O)c1cccc2c1CCCN2. The molecule has 0 saturated heterocycles. The summed E-state index contributed by atoms with van der Waals surface area (Å²) in [4.78, 5) is 0. The van der Waals surface area contributed by atoms with Gasteiger partial charge in [-0.25, -0.2) is 13.1 Å². The zero-order chi connectivity index (χ0) is 13.4. The molecule has 0 spiro atoms. The molecule has 0 atom stereocenters. The number of rotatable bonds is 3. The minimum atomic E-state index is -3.23. The van der Waals surface area contributed by atoms with Crippen molar-refractivity contribution in [3.8, 4) is 0 Å². The monoisotopic (exact) mass is 268 g/mol. The van der Waals surface area contributed by atoms with E-state index in [-0.39, 0.29) is 0 Å². The smallest absolute Gasteiger partial charge is 0.209 e. The molecule has 100 valence electrons. The van der Waals surface area contributed by atoms with Crippen molar-refractivity contribution in [2.24, 2.45) is 0 Å². The van der Waals surface area contributed by atoms with Gasteiger partial charge in [0.1, 0.15) is 0 Å². The largest absolute Gasteiger partial charge is 0.385 e. The number of fused-ring (bicyclic) bond motifs is 1. The van der Waals surface area contributed by atoms with Gasteiger partial charge in [-0.15, -0.1) is 0 Å². The Hall–Kier alpha value is -1.07.